The van der Waals surface area contributed by atoms with E-state index in [9.17, 15) is 0 Å². The maximum absolute atomic E-state index is 5.88. The molecule has 1 heterocycles. The Morgan fingerprint density at radius 1 is 1.30 bits per heavy atom. The van der Waals surface area contributed by atoms with Crippen LogP contribution in [0.1, 0.15) is 32.8 Å². The molecule has 0 aromatic heterocycles. The van der Waals surface area contributed by atoms with Crippen molar-refractivity contribution in [1.29, 1.82) is 0 Å². The fourth-order valence-corrected chi connectivity index (χ4v) is 3.78. The molecule has 1 aromatic carbocycles. The van der Waals surface area contributed by atoms with Crippen LogP contribution in [0.5, 0.6) is 0 Å². The predicted octanol–water partition coefficient (Wildman–Crippen LogP) is 4.38. The first-order valence-corrected chi connectivity index (χ1v) is 8.37. The van der Waals surface area contributed by atoms with Gasteiger partial charge >= 0.3 is 0 Å². The van der Waals surface area contributed by atoms with Crippen LogP contribution in [-0.2, 0) is 6.42 Å². The van der Waals surface area contributed by atoms with Crippen LogP contribution in [0, 0.1) is 5.41 Å². The van der Waals surface area contributed by atoms with Crippen molar-refractivity contribution in [1.82, 2.24) is 5.32 Å². The fourth-order valence-electron chi connectivity index (χ4n) is 2.27. The van der Waals surface area contributed by atoms with E-state index in [4.69, 9.17) is 11.6 Å². The molecule has 0 aliphatic carbocycles. The van der Waals surface area contributed by atoms with Crippen molar-refractivity contribution in [3.8, 4) is 0 Å². The van der Waals surface area contributed by atoms with Gasteiger partial charge in [-0.1, -0.05) is 56.3 Å². The highest BCUT2D eigenvalue weighted by atomic mass is 35.5. The van der Waals surface area contributed by atoms with E-state index in [-0.39, 0.29) is 0 Å². The van der Waals surface area contributed by atoms with E-state index in [0.717, 1.165) is 29.7 Å². The summed E-state index contributed by atoms with van der Waals surface area (Å²) in [7, 11) is 0. The molecule has 0 saturated carbocycles. The number of amidine groups is 1. The highest BCUT2D eigenvalue weighted by Gasteiger charge is 2.24. The van der Waals surface area contributed by atoms with Gasteiger partial charge in [-0.2, -0.15) is 0 Å². The minimum atomic E-state index is 0.381. The van der Waals surface area contributed by atoms with Crippen molar-refractivity contribution in [2.24, 2.45) is 10.4 Å². The molecule has 2 rings (SSSR count). The van der Waals surface area contributed by atoms with Gasteiger partial charge in [0.05, 0.1) is 6.54 Å². The summed E-state index contributed by atoms with van der Waals surface area (Å²) in [4.78, 5) is 4.59. The van der Waals surface area contributed by atoms with E-state index in [1.165, 1.54) is 12.0 Å². The molecule has 110 valence electrons. The Bertz CT molecular complexity index is 462. The van der Waals surface area contributed by atoms with Crippen LogP contribution in [0.4, 0.5) is 0 Å². The molecule has 0 amide bonds. The molecule has 1 aliphatic rings. The predicted molar refractivity (Wildman–Crippen MR) is 90.9 cm³/mol. The summed E-state index contributed by atoms with van der Waals surface area (Å²) in [6, 6.07) is 8.04. The first-order valence-electron chi connectivity index (χ1n) is 7.12. The fraction of sp³-hybridized carbons (Fsp3) is 0.562. The molecule has 1 unspecified atom stereocenters. The SMILES string of the molecule is CC(C)(C)CC1CN=C(NCCc2ccc(Cl)cc2)S1. The third-order valence-corrected chi connectivity index (χ3v) is 4.56. The third-order valence-electron chi connectivity index (χ3n) is 3.16. The number of aliphatic imine (C=N–C) groups is 1. The Hall–Kier alpha value is -0.670. The second kappa shape index (κ2) is 6.86. The molecular weight excluding hydrogens is 288 g/mol. The van der Waals surface area contributed by atoms with Gasteiger partial charge in [-0.15, -0.1) is 0 Å². The molecule has 1 aromatic rings. The van der Waals surface area contributed by atoms with Crippen molar-refractivity contribution in [3.05, 3.63) is 34.9 Å². The van der Waals surface area contributed by atoms with Crippen LogP contribution >= 0.6 is 23.4 Å². The summed E-state index contributed by atoms with van der Waals surface area (Å²) >= 11 is 7.77. The summed E-state index contributed by atoms with van der Waals surface area (Å²) in [5.41, 5.74) is 1.68. The summed E-state index contributed by atoms with van der Waals surface area (Å²) in [5, 5.41) is 5.97. The van der Waals surface area contributed by atoms with Gasteiger partial charge in [-0.05, 0) is 36.0 Å². The highest BCUT2D eigenvalue weighted by molar-refractivity contribution is 8.14. The maximum Gasteiger partial charge on any atom is 0.156 e. The number of hydrogen-bond donors (Lipinski definition) is 1. The number of rotatable bonds is 4. The molecule has 1 aliphatic heterocycles. The first-order chi connectivity index (χ1) is 9.42. The lowest BCUT2D eigenvalue weighted by molar-refractivity contribution is 0.375. The van der Waals surface area contributed by atoms with Crippen LogP contribution in [0.3, 0.4) is 0 Å². The zero-order chi connectivity index (χ0) is 14.6. The van der Waals surface area contributed by atoms with E-state index in [0.29, 0.717) is 10.7 Å². The third kappa shape index (κ3) is 5.37. The number of nitrogens with one attached hydrogen (secondary N) is 1. The molecule has 0 fully saturated rings. The summed E-state index contributed by atoms with van der Waals surface area (Å²) < 4.78 is 0. The van der Waals surface area contributed by atoms with Crippen LogP contribution in [0.25, 0.3) is 0 Å². The number of hydrogen-bond acceptors (Lipinski definition) is 3. The van der Waals surface area contributed by atoms with Gasteiger partial charge < -0.3 is 5.32 Å². The van der Waals surface area contributed by atoms with Crippen LogP contribution in [0.2, 0.25) is 5.02 Å². The zero-order valence-corrected chi connectivity index (χ0v) is 14.0. The average Bonchev–Trinajstić information content (AvgIpc) is 2.77. The Morgan fingerprint density at radius 2 is 2.00 bits per heavy atom. The van der Waals surface area contributed by atoms with Crippen molar-refractivity contribution >= 4 is 28.5 Å². The van der Waals surface area contributed by atoms with E-state index in [1.807, 2.05) is 23.9 Å². The summed E-state index contributed by atoms with van der Waals surface area (Å²) in [5.74, 6) is 0. The lowest BCUT2D eigenvalue weighted by Crippen LogP contribution is -2.23. The Kier molecular flexibility index (Phi) is 5.39. The molecule has 0 radical (unpaired) electrons. The van der Waals surface area contributed by atoms with Crippen molar-refractivity contribution in [3.63, 3.8) is 0 Å². The molecule has 4 heteroatoms. The molecule has 0 saturated heterocycles. The number of benzene rings is 1. The van der Waals surface area contributed by atoms with E-state index in [1.54, 1.807) is 0 Å². The Morgan fingerprint density at radius 3 is 2.65 bits per heavy atom. The van der Waals surface area contributed by atoms with Gasteiger partial charge in [0.1, 0.15) is 0 Å². The Balaban J connectivity index is 1.69. The second-order valence-electron chi connectivity index (χ2n) is 6.45. The molecule has 20 heavy (non-hydrogen) atoms. The topological polar surface area (TPSA) is 24.4 Å². The van der Waals surface area contributed by atoms with Gasteiger partial charge in [-0.3, -0.25) is 4.99 Å². The maximum atomic E-state index is 5.88. The van der Waals surface area contributed by atoms with Gasteiger partial charge in [0, 0.05) is 16.8 Å². The van der Waals surface area contributed by atoms with E-state index in [2.05, 4.69) is 43.2 Å². The summed E-state index contributed by atoms with van der Waals surface area (Å²) in [6.07, 6.45) is 2.21. The normalized spacial score (nSPS) is 19.0. The van der Waals surface area contributed by atoms with Gasteiger partial charge in [0.2, 0.25) is 0 Å². The quantitative estimate of drug-likeness (QED) is 0.892. The highest BCUT2D eigenvalue weighted by Crippen LogP contribution is 2.31. The van der Waals surface area contributed by atoms with Gasteiger partial charge in [0.15, 0.2) is 5.17 Å². The monoisotopic (exact) mass is 310 g/mol. The number of nitrogens with zero attached hydrogens (tertiary/aromatic N) is 1. The van der Waals surface area contributed by atoms with Crippen molar-refractivity contribution in [2.45, 2.75) is 38.9 Å². The second-order valence-corrected chi connectivity index (χ2v) is 8.18. The van der Waals surface area contributed by atoms with Gasteiger partial charge in [-0.25, -0.2) is 0 Å². The zero-order valence-electron chi connectivity index (χ0n) is 12.4. The standard InChI is InChI=1S/C16H23ClN2S/c1-16(2,3)10-14-11-19-15(20-14)18-9-8-12-4-6-13(17)7-5-12/h4-7,14H,8-11H2,1-3H3,(H,18,19). The van der Waals surface area contributed by atoms with Crippen molar-refractivity contribution < 1.29 is 0 Å². The minimum Gasteiger partial charge on any atom is -0.365 e. The smallest absolute Gasteiger partial charge is 0.156 e. The van der Waals surface area contributed by atoms with Crippen LogP contribution < -0.4 is 5.32 Å². The van der Waals surface area contributed by atoms with Gasteiger partial charge in [0.25, 0.3) is 0 Å². The molecular formula is C16H23ClN2S. The number of halogens is 1. The lowest BCUT2D eigenvalue weighted by atomic mass is 9.90. The molecule has 0 spiro atoms. The molecule has 2 nitrogen and oxygen atoms in total. The van der Waals surface area contributed by atoms with Crippen LogP contribution in [-0.4, -0.2) is 23.5 Å². The molecule has 0 bridgehead atoms. The molecule has 1 N–H and O–H groups in total. The summed E-state index contributed by atoms with van der Waals surface area (Å²) in [6.45, 7) is 8.75. The van der Waals surface area contributed by atoms with E-state index < -0.39 is 0 Å². The van der Waals surface area contributed by atoms with Crippen molar-refractivity contribution in [2.75, 3.05) is 13.1 Å². The minimum absolute atomic E-state index is 0.381. The van der Waals surface area contributed by atoms with Crippen LogP contribution in [0.15, 0.2) is 29.3 Å². The Labute approximate surface area is 131 Å². The average molecular weight is 311 g/mol. The first kappa shape index (κ1) is 15.7. The molecule has 1 atom stereocenters. The largest absolute Gasteiger partial charge is 0.365 e. The van der Waals surface area contributed by atoms with E-state index >= 15 is 0 Å². The number of thioether (sulfide) groups is 1. The lowest BCUT2D eigenvalue weighted by Gasteiger charge is -2.21.